The lowest BCUT2D eigenvalue weighted by Gasteiger charge is -2.10. The number of thiazole rings is 1. The predicted molar refractivity (Wildman–Crippen MR) is 87.4 cm³/mol. The first-order valence-electron chi connectivity index (χ1n) is 7.13. The second kappa shape index (κ2) is 7.90. The van der Waals surface area contributed by atoms with Crippen molar-refractivity contribution in [3.8, 4) is 10.6 Å². The summed E-state index contributed by atoms with van der Waals surface area (Å²) in [7, 11) is 1.85. The van der Waals surface area contributed by atoms with Gasteiger partial charge in [0.05, 0.1) is 5.69 Å². The normalized spacial score (nSPS) is 12.1. The topological polar surface area (TPSA) is 54.0 Å². The van der Waals surface area contributed by atoms with Crippen molar-refractivity contribution in [2.75, 3.05) is 20.1 Å². The third-order valence-corrected chi connectivity index (χ3v) is 4.15. The van der Waals surface area contributed by atoms with Gasteiger partial charge in [0.2, 0.25) is 5.91 Å². The molecule has 0 aliphatic rings. The highest BCUT2D eigenvalue weighted by Crippen LogP contribution is 2.23. The Morgan fingerprint density at radius 1 is 1.33 bits per heavy atom. The van der Waals surface area contributed by atoms with Crippen LogP contribution in [-0.4, -0.2) is 31.0 Å². The van der Waals surface area contributed by atoms with Crippen LogP contribution in [0.15, 0.2) is 35.7 Å². The largest absolute Gasteiger partial charge is 0.355 e. The first-order valence-corrected chi connectivity index (χ1v) is 8.01. The summed E-state index contributed by atoms with van der Waals surface area (Å²) in [6.45, 7) is 3.24. The van der Waals surface area contributed by atoms with Crippen LogP contribution in [0, 0.1) is 5.92 Å². The number of benzene rings is 1. The third-order valence-electron chi connectivity index (χ3n) is 3.21. The predicted octanol–water partition coefficient (Wildman–Crippen LogP) is 2.32. The van der Waals surface area contributed by atoms with Gasteiger partial charge in [-0.15, -0.1) is 11.3 Å². The highest BCUT2D eigenvalue weighted by atomic mass is 32.1. The van der Waals surface area contributed by atoms with Crippen molar-refractivity contribution in [3.05, 3.63) is 41.4 Å². The number of nitrogens with one attached hydrogen (secondary N) is 2. The third kappa shape index (κ3) is 4.65. The molecule has 1 aromatic carbocycles. The van der Waals surface area contributed by atoms with Crippen molar-refractivity contribution in [3.63, 3.8) is 0 Å². The zero-order valence-corrected chi connectivity index (χ0v) is 13.2. The monoisotopic (exact) mass is 303 g/mol. The zero-order chi connectivity index (χ0) is 15.1. The van der Waals surface area contributed by atoms with Crippen LogP contribution < -0.4 is 10.6 Å². The van der Waals surface area contributed by atoms with Crippen LogP contribution in [0.5, 0.6) is 0 Å². The molecule has 0 bridgehead atoms. The van der Waals surface area contributed by atoms with Crippen molar-refractivity contribution in [2.24, 2.45) is 5.92 Å². The standard InChI is InChI=1S/C16H21N3OS/c1-12(10-17-2)15(20)18-9-8-14-11-21-16(19-14)13-6-4-3-5-7-13/h3-7,11-12,17H,8-10H2,1-2H3,(H,18,20). The smallest absolute Gasteiger partial charge is 0.224 e. The van der Waals surface area contributed by atoms with E-state index >= 15 is 0 Å². The Morgan fingerprint density at radius 3 is 2.81 bits per heavy atom. The molecular weight excluding hydrogens is 282 g/mol. The number of aromatic nitrogens is 1. The average molecular weight is 303 g/mol. The van der Waals surface area contributed by atoms with Crippen LogP contribution in [-0.2, 0) is 11.2 Å². The zero-order valence-electron chi connectivity index (χ0n) is 12.4. The van der Waals surface area contributed by atoms with E-state index in [4.69, 9.17) is 0 Å². The highest BCUT2D eigenvalue weighted by Gasteiger charge is 2.11. The number of carbonyl (C=O) groups excluding carboxylic acids is 1. The molecule has 5 heteroatoms. The Hall–Kier alpha value is -1.72. The lowest BCUT2D eigenvalue weighted by atomic mass is 10.1. The minimum atomic E-state index is -0.00897. The Morgan fingerprint density at radius 2 is 2.10 bits per heavy atom. The molecule has 112 valence electrons. The molecule has 0 saturated carbocycles. The average Bonchev–Trinajstić information content (AvgIpc) is 2.97. The minimum absolute atomic E-state index is 0.00897. The number of amides is 1. The highest BCUT2D eigenvalue weighted by molar-refractivity contribution is 7.13. The van der Waals surface area contributed by atoms with Gasteiger partial charge in [-0.25, -0.2) is 4.98 Å². The fraction of sp³-hybridized carbons (Fsp3) is 0.375. The van der Waals surface area contributed by atoms with Gasteiger partial charge >= 0.3 is 0 Å². The Kier molecular flexibility index (Phi) is 5.90. The molecule has 1 unspecified atom stereocenters. The maximum atomic E-state index is 11.8. The molecule has 0 aliphatic heterocycles. The summed E-state index contributed by atoms with van der Waals surface area (Å²) in [6, 6.07) is 10.1. The van der Waals surface area contributed by atoms with Gasteiger partial charge in [0.25, 0.3) is 0 Å². The summed E-state index contributed by atoms with van der Waals surface area (Å²) in [5.74, 6) is 0.0770. The van der Waals surface area contributed by atoms with Crippen molar-refractivity contribution in [1.29, 1.82) is 0 Å². The van der Waals surface area contributed by atoms with Crippen LogP contribution in [0.1, 0.15) is 12.6 Å². The maximum Gasteiger partial charge on any atom is 0.224 e. The molecule has 1 amide bonds. The van der Waals surface area contributed by atoms with Crippen molar-refractivity contribution >= 4 is 17.2 Å². The van der Waals surface area contributed by atoms with E-state index in [9.17, 15) is 4.79 Å². The van der Waals surface area contributed by atoms with Gasteiger partial charge in [-0.2, -0.15) is 0 Å². The number of nitrogens with zero attached hydrogens (tertiary/aromatic N) is 1. The molecule has 4 nitrogen and oxygen atoms in total. The molecular formula is C16H21N3OS. The Balaban J connectivity index is 1.82. The van der Waals surface area contributed by atoms with E-state index in [1.54, 1.807) is 11.3 Å². The van der Waals surface area contributed by atoms with E-state index < -0.39 is 0 Å². The van der Waals surface area contributed by atoms with E-state index in [1.165, 1.54) is 0 Å². The maximum absolute atomic E-state index is 11.8. The lowest BCUT2D eigenvalue weighted by Crippen LogP contribution is -2.35. The molecule has 1 heterocycles. The van der Waals surface area contributed by atoms with Gasteiger partial charge in [-0.05, 0) is 7.05 Å². The minimum Gasteiger partial charge on any atom is -0.355 e. The van der Waals surface area contributed by atoms with E-state index in [0.717, 1.165) is 22.7 Å². The fourth-order valence-electron chi connectivity index (χ4n) is 2.02. The van der Waals surface area contributed by atoms with Crippen LogP contribution in [0.4, 0.5) is 0 Å². The molecule has 0 radical (unpaired) electrons. The molecule has 0 saturated heterocycles. The van der Waals surface area contributed by atoms with Crippen molar-refractivity contribution in [2.45, 2.75) is 13.3 Å². The van der Waals surface area contributed by atoms with Gasteiger partial charge < -0.3 is 10.6 Å². The first kappa shape index (κ1) is 15.7. The number of carbonyl (C=O) groups is 1. The molecule has 2 aromatic rings. The number of rotatable bonds is 7. The quantitative estimate of drug-likeness (QED) is 0.825. The molecule has 21 heavy (non-hydrogen) atoms. The van der Waals surface area contributed by atoms with E-state index in [-0.39, 0.29) is 11.8 Å². The fourth-order valence-corrected chi connectivity index (χ4v) is 2.88. The summed E-state index contributed by atoms with van der Waals surface area (Å²) < 4.78 is 0. The number of hydrogen-bond donors (Lipinski definition) is 2. The first-order chi connectivity index (χ1) is 10.2. The van der Waals surface area contributed by atoms with Gasteiger partial charge in [-0.1, -0.05) is 37.3 Å². The van der Waals surface area contributed by atoms with Crippen LogP contribution in [0.3, 0.4) is 0 Å². The van der Waals surface area contributed by atoms with Crippen LogP contribution in [0.25, 0.3) is 10.6 Å². The van der Waals surface area contributed by atoms with Crippen LogP contribution >= 0.6 is 11.3 Å². The Labute approximate surface area is 129 Å². The second-order valence-electron chi connectivity index (χ2n) is 5.01. The number of hydrogen-bond acceptors (Lipinski definition) is 4. The summed E-state index contributed by atoms with van der Waals surface area (Å²) >= 11 is 1.64. The molecule has 1 atom stereocenters. The van der Waals surface area contributed by atoms with Gasteiger partial charge in [0.1, 0.15) is 5.01 Å². The van der Waals surface area contributed by atoms with Gasteiger partial charge in [0, 0.05) is 36.4 Å². The second-order valence-corrected chi connectivity index (χ2v) is 5.87. The van der Waals surface area contributed by atoms with E-state index in [1.807, 2.05) is 32.2 Å². The van der Waals surface area contributed by atoms with E-state index in [2.05, 4.69) is 33.1 Å². The van der Waals surface area contributed by atoms with Crippen molar-refractivity contribution in [1.82, 2.24) is 15.6 Å². The van der Waals surface area contributed by atoms with Gasteiger partial charge in [0.15, 0.2) is 0 Å². The summed E-state index contributed by atoms with van der Waals surface area (Å²) in [5.41, 5.74) is 2.17. The van der Waals surface area contributed by atoms with E-state index in [0.29, 0.717) is 13.1 Å². The van der Waals surface area contributed by atoms with Gasteiger partial charge in [-0.3, -0.25) is 4.79 Å². The van der Waals surface area contributed by atoms with Crippen LogP contribution in [0.2, 0.25) is 0 Å². The van der Waals surface area contributed by atoms with Crippen molar-refractivity contribution < 1.29 is 4.79 Å². The SMILES string of the molecule is CNCC(C)C(=O)NCCc1csc(-c2ccccc2)n1. The lowest BCUT2D eigenvalue weighted by molar-refractivity contribution is -0.124. The Bertz CT molecular complexity index is 568. The molecule has 0 aliphatic carbocycles. The summed E-state index contributed by atoms with van der Waals surface area (Å²) in [4.78, 5) is 16.4. The molecule has 0 fully saturated rings. The summed E-state index contributed by atoms with van der Waals surface area (Å²) in [6.07, 6.45) is 0.765. The molecule has 2 N–H and O–H groups in total. The molecule has 1 aromatic heterocycles. The molecule has 0 spiro atoms. The summed E-state index contributed by atoms with van der Waals surface area (Å²) in [5, 5.41) is 9.05. The molecule has 2 rings (SSSR count).